The molecule has 0 bridgehead atoms. The molecule has 0 aliphatic rings. The van der Waals surface area contributed by atoms with Crippen molar-refractivity contribution in [3.8, 4) is 0 Å². The zero-order valence-corrected chi connectivity index (χ0v) is 13.0. The fraction of sp³-hybridized carbons (Fsp3) is 0.222. The second-order valence-corrected chi connectivity index (χ2v) is 5.59. The summed E-state index contributed by atoms with van der Waals surface area (Å²) in [5.41, 5.74) is 4.30. The van der Waals surface area contributed by atoms with Crippen LogP contribution in [-0.2, 0) is 0 Å². The average Bonchev–Trinajstić information content (AvgIpc) is 2.83. The Bertz CT molecular complexity index is 821. The molecule has 3 aromatic rings. The molecular formula is C18H19N3O. The second kappa shape index (κ2) is 5.64. The van der Waals surface area contributed by atoms with E-state index in [4.69, 9.17) is 0 Å². The Morgan fingerprint density at radius 3 is 2.59 bits per heavy atom. The van der Waals surface area contributed by atoms with Crippen LogP contribution in [0.25, 0.3) is 5.65 Å². The number of imidazole rings is 1. The van der Waals surface area contributed by atoms with Crippen LogP contribution in [0.5, 0.6) is 0 Å². The molecule has 0 unspecified atom stereocenters. The maximum atomic E-state index is 12.7. The molecule has 2 aromatic heterocycles. The highest BCUT2D eigenvalue weighted by Gasteiger charge is 2.18. The summed E-state index contributed by atoms with van der Waals surface area (Å²) in [6.07, 6.45) is 1.94. The van der Waals surface area contributed by atoms with Crippen LogP contribution in [0.4, 0.5) is 0 Å². The third-order valence-electron chi connectivity index (χ3n) is 3.80. The van der Waals surface area contributed by atoms with Gasteiger partial charge in [0.15, 0.2) is 0 Å². The number of nitrogens with zero attached hydrogens (tertiary/aromatic N) is 2. The molecule has 0 radical (unpaired) electrons. The summed E-state index contributed by atoms with van der Waals surface area (Å²) in [5, 5.41) is 3.05. The predicted molar refractivity (Wildman–Crippen MR) is 87.0 cm³/mol. The average molecular weight is 293 g/mol. The Morgan fingerprint density at radius 1 is 1.14 bits per heavy atom. The maximum Gasteiger partial charge on any atom is 0.270 e. The molecule has 3 rings (SSSR count). The molecule has 1 amide bonds. The zero-order valence-electron chi connectivity index (χ0n) is 13.0. The first-order valence-electron chi connectivity index (χ1n) is 7.37. The largest absolute Gasteiger partial charge is 0.344 e. The van der Waals surface area contributed by atoms with Crippen molar-refractivity contribution in [2.45, 2.75) is 26.8 Å². The molecule has 22 heavy (non-hydrogen) atoms. The van der Waals surface area contributed by atoms with Crippen LogP contribution in [0.3, 0.4) is 0 Å². The first-order chi connectivity index (χ1) is 10.6. The molecule has 0 spiro atoms. The minimum absolute atomic E-state index is 0.0524. The van der Waals surface area contributed by atoms with Crippen molar-refractivity contribution in [2.24, 2.45) is 0 Å². The quantitative estimate of drug-likeness (QED) is 0.804. The number of rotatable bonds is 3. The molecule has 0 saturated carbocycles. The number of aryl methyl sites for hydroxylation is 2. The van der Waals surface area contributed by atoms with Crippen molar-refractivity contribution in [3.05, 3.63) is 71.2 Å². The van der Waals surface area contributed by atoms with Crippen molar-refractivity contribution in [2.75, 3.05) is 0 Å². The first-order valence-corrected chi connectivity index (χ1v) is 7.37. The fourth-order valence-corrected chi connectivity index (χ4v) is 2.63. The lowest BCUT2D eigenvalue weighted by atomic mass is 10.1. The van der Waals surface area contributed by atoms with E-state index in [0.29, 0.717) is 5.69 Å². The summed E-state index contributed by atoms with van der Waals surface area (Å²) in [7, 11) is 0. The lowest BCUT2D eigenvalue weighted by Gasteiger charge is -2.14. The Labute approximate surface area is 129 Å². The van der Waals surface area contributed by atoms with Gasteiger partial charge in [-0.2, -0.15) is 0 Å². The zero-order chi connectivity index (χ0) is 15.7. The molecule has 1 aromatic carbocycles. The summed E-state index contributed by atoms with van der Waals surface area (Å²) in [6, 6.07) is 13.8. The van der Waals surface area contributed by atoms with Gasteiger partial charge in [-0.15, -0.1) is 0 Å². The minimum Gasteiger partial charge on any atom is -0.344 e. The van der Waals surface area contributed by atoms with Crippen LogP contribution in [0.2, 0.25) is 0 Å². The number of hydrogen-bond donors (Lipinski definition) is 1. The van der Waals surface area contributed by atoms with Gasteiger partial charge in [0.05, 0.1) is 11.7 Å². The molecule has 112 valence electrons. The Hall–Kier alpha value is -2.62. The molecule has 2 heterocycles. The van der Waals surface area contributed by atoms with Gasteiger partial charge in [0.1, 0.15) is 11.3 Å². The number of carbonyl (C=O) groups is 1. The van der Waals surface area contributed by atoms with Crippen molar-refractivity contribution in [1.82, 2.24) is 14.7 Å². The van der Waals surface area contributed by atoms with Gasteiger partial charge in [-0.3, -0.25) is 9.20 Å². The van der Waals surface area contributed by atoms with E-state index in [9.17, 15) is 4.79 Å². The number of pyridine rings is 1. The molecule has 1 atom stereocenters. The predicted octanol–water partition coefficient (Wildman–Crippen LogP) is 3.44. The number of benzene rings is 1. The molecular weight excluding hydrogens is 274 g/mol. The van der Waals surface area contributed by atoms with E-state index in [-0.39, 0.29) is 11.9 Å². The first kappa shape index (κ1) is 14.3. The SMILES string of the molecule is Cc1ccc2nc(C)c(C(=O)N[C@H](C)c3ccccc3)n2c1. The third-order valence-corrected chi connectivity index (χ3v) is 3.80. The van der Waals surface area contributed by atoms with E-state index < -0.39 is 0 Å². The standard InChI is InChI=1S/C18H19N3O/c1-12-9-10-16-19-14(3)17(21(16)11-12)18(22)20-13(2)15-7-5-4-6-8-15/h4-11,13H,1-3H3,(H,20,22)/t13-/m1/s1. The smallest absolute Gasteiger partial charge is 0.270 e. The highest BCUT2D eigenvalue weighted by atomic mass is 16.2. The van der Waals surface area contributed by atoms with Crippen LogP contribution >= 0.6 is 0 Å². The van der Waals surface area contributed by atoms with Crippen molar-refractivity contribution in [1.29, 1.82) is 0 Å². The van der Waals surface area contributed by atoms with Crippen molar-refractivity contribution < 1.29 is 4.79 Å². The van der Waals surface area contributed by atoms with E-state index in [1.807, 2.05) is 73.8 Å². The van der Waals surface area contributed by atoms with Gasteiger partial charge in [-0.25, -0.2) is 4.98 Å². The molecule has 4 heteroatoms. The summed E-state index contributed by atoms with van der Waals surface area (Å²) in [5.74, 6) is -0.105. The highest BCUT2D eigenvalue weighted by molar-refractivity contribution is 5.94. The summed E-state index contributed by atoms with van der Waals surface area (Å²) in [6.45, 7) is 5.85. The number of amides is 1. The van der Waals surface area contributed by atoms with Gasteiger partial charge in [0.2, 0.25) is 0 Å². The van der Waals surface area contributed by atoms with Gasteiger partial charge < -0.3 is 5.32 Å². The number of aromatic nitrogens is 2. The fourth-order valence-electron chi connectivity index (χ4n) is 2.63. The van der Waals surface area contributed by atoms with Crippen molar-refractivity contribution >= 4 is 11.6 Å². The van der Waals surface area contributed by atoms with Gasteiger partial charge in [0, 0.05) is 6.20 Å². The summed E-state index contributed by atoms with van der Waals surface area (Å²) >= 11 is 0. The molecule has 0 saturated heterocycles. The summed E-state index contributed by atoms with van der Waals surface area (Å²) in [4.78, 5) is 17.1. The normalized spacial score (nSPS) is 12.3. The van der Waals surface area contributed by atoms with Gasteiger partial charge in [-0.05, 0) is 38.0 Å². The summed E-state index contributed by atoms with van der Waals surface area (Å²) < 4.78 is 1.86. The van der Waals surface area contributed by atoms with Crippen LogP contribution in [0, 0.1) is 13.8 Å². The number of carbonyl (C=O) groups excluding carboxylic acids is 1. The van der Waals surface area contributed by atoms with E-state index in [1.165, 1.54) is 0 Å². The topological polar surface area (TPSA) is 46.4 Å². The Kier molecular flexibility index (Phi) is 3.67. The third kappa shape index (κ3) is 2.60. The van der Waals surface area contributed by atoms with Crippen LogP contribution in [0.15, 0.2) is 48.7 Å². The highest BCUT2D eigenvalue weighted by Crippen LogP contribution is 2.16. The second-order valence-electron chi connectivity index (χ2n) is 5.59. The van der Waals surface area contributed by atoms with Gasteiger partial charge in [-0.1, -0.05) is 36.4 Å². The number of hydrogen-bond acceptors (Lipinski definition) is 2. The van der Waals surface area contributed by atoms with E-state index in [1.54, 1.807) is 0 Å². The minimum atomic E-state index is -0.105. The van der Waals surface area contributed by atoms with Crippen LogP contribution in [-0.4, -0.2) is 15.3 Å². The van der Waals surface area contributed by atoms with Crippen LogP contribution < -0.4 is 5.32 Å². The Balaban J connectivity index is 1.92. The number of fused-ring (bicyclic) bond motifs is 1. The van der Waals surface area contributed by atoms with Crippen molar-refractivity contribution in [3.63, 3.8) is 0 Å². The van der Waals surface area contributed by atoms with E-state index >= 15 is 0 Å². The lowest BCUT2D eigenvalue weighted by molar-refractivity contribution is 0.0933. The molecule has 0 aliphatic carbocycles. The van der Waals surface area contributed by atoms with E-state index in [2.05, 4.69) is 10.3 Å². The van der Waals surface area contributed by atoms with Gasteiger partial charge >= 0.3 is 0 Å². The number of nitrogens with one attached hydrogen (secondary N) is 1. The lowest BCUT2D eigenvalue weighted by Crippen LogP contribution is -2.28. The molecule has 4 nitrogen and oxygen atoms in total. The Morgan fingerprint density at radius 2 is 1.86 bits per heavy atom. The molecule has 0 aliphatic heterocycles. The van der Waals surface area contributed by atoms with E-state index in [0.717, 1.165) is 22.5 Å². The van der Waals surface area contributed by atoms with Gasteiger partial charge in [0.25, 0.3) is 5.91 Å². The molecule has 1 N–H and O–H groups in total. The maximum absolute atomic E-state index is 12.7. The van der Waals surface area contributed by atoms with Crippen LogP contribution in [0.1, 0.15) is 40.3 Å². The monoisotopic (exact) mass is 293 g/mol. The molecule has 0 fully saturated rings.